The van der Waals surface area contributed by atoms with Crippen LogP contribution in [0.25, 0.3) is 0 Å². The highest BCUT2D eigenvalue weighted by Gasteiger charge is 2.53. The Labute approximate surface area is 147 Å². The maximum atomic E-state index is 11.5. The first-order valence-corrected chi connectivity index (χ1v) is 9.37. The van der Waals surface area contributed by atoms with E-state index in [1.54, 1.807) is 0 Å². The molecule has 0 saturated carbocycles. The zero-order chi connectivity index (χ0) is 18.1. The van der Waals surface area contributed by atoms with Crippen LogP contribution in [-0.4, -0.2) is 21.0 Å². The number of hydrogen-bond donors (Lipinski definition) is 0. The fraction of sp³-hybridized carbons (Fsp3) is 0.222. The summed E-state index contributed by atoms with van der Waals surface area (Å²) >= 11 is 0. The second-order valence-corrected chi connectivity index (χ2v) is 7.22. The van der Waals surface area contributed by atoms with E-state index in [-0.39, 0.29) is 13.2 Å². The number of benzene rings is 2. The van der Waals surface area contributed by atoms with Gasteiger partial charge in [0.25, 0.3) is 11.9 Å². The zero-order valence-corrected chi connectivity index (χ0v) is 15.1. The molecular weight excluding hydrogens is 340 g/mol. The van der Waals surface area contributed by atoms with Crippen molar-refractivity contribution in [2.75, 3.05) is 0 Å². The van der Waals surface area contributed by atoms with Gasteiger partial charge in [-0.1, -0.05) is 60.7 Å². The average molecular weight is 360 g/mol. The SMILES string of the molecule is CC(=O)O[Si](OCc1ccccc1)(OCc1ccccc1)OC(C)=O. The van der Waals surface area contributed by atoms with Gasteiger partial charge in [0.15, 0.2) is 0 Å². The monoisotopic (exact) mass is 360 g/mol. The minimum Gasteiger partial charge on any atom is -0.442 e. The topological polar surface area (TPSA) is 71.1 Å². The van der Waals surface area contributed by atoms with E-state index in [9.17, 15) is 9.59 Å². The molecule has 0 fully saturated rings. The number of carbonyl (C=O) groups excluding carboxylic acids is 2. The molecule has 2 rings (SSSR count). The van der Waals surface area contributed by atoms with Gasteiger partial charge in [-0.25, -0.2) is 0 Å². The van der Waals surface area contributed by atoms with Crippen LogP contribution in [0.5, 0.6) is 0 Å². The third-order valence-electron chi connectivity index (χ3n) is 3.05. The molecule has 2 aromatic rings. The van der Waals surface area contributed by atoms with E-state index in [0.717, 1.165) is 11.1 Å². The van der Waals surface area contributed by atoms with Crippen LogP contribution in [0.1, 0.15) is 25.0 Å². The Kier molecular flexibility index (Phi) is 6.88. The lowest BCUT2D eigenvalue weighted by Gasteiger charge is -2.25. The molecule has 0 bridgehead atoms. The molecule has 0 N–H and O–H groups in total. The van der Waals surface area contributed by atoms with Crippen molar-refractivity contribution in [3.05, 3.63) is 71.8 Å². The van der Waals surface area contributed by atoms with E-state index in [4.69, 9.17) is 17.7 Å². The number of carbonyl (C=O) groups is 2. The smallest absolute Gasteiger partial charge is 0.442 e. The first kappa shape index (κ1) is 18.8. The van der Waals surface area contributed by atoms with Gasteiger partial charge >= 0.3 is 9.05 Å². The van der Waals surface area contributed by atoms with Crippen LogP contribution in [-0.2, 0) is 40.5 Å². The van der Waals surface area contributed by atoms with Gasteiger partial charge in [-0.05, 0) is 11.1 Å². The lowest BCUT2D eigenvalue weighted by Crippen LogP contribution is -2.51. The van der Waals surface area contributed by atoms with Crippen LogP contribution in [0.3, 0.4) is 0 Å². The van der Waals surface area contributed by atoms with Crippen LogP contribution in [0.2, 0.25) is 0 Å². The molecule has 2 aromatic carbocycles. The Balaban J connectivity index is 2.16. The molecule has 0 amide bonds. The first-order chi connectivity index (χ1) is 12.0. The molecule has 0 aliphatic heterocycles. The number of hydrogen-bond acceptors (Lipinski definition) is 6. The Morgan fingerprint density at radius 3 is 1.40 bits per heavy atom. The third-order valence-corrected chi connectivity index (χ3v) is 5.13. The Hall–Kier alpha value is -2.48. The summed E-state index contributed by atoms with van der Waals surface area (Å²) in [5.74, 6) is -1.29. The maximum absolute atomic E-state index is 11.5. The summed E-state index contributed by atoms with van der Waals surface area (Å²) < 4.78 is 21.8. The molecule has 25 heavy (non-hydrogen) atoms. The molecule has 0 aliphatic rings. The molecule has 0 aliphatic carbocycles. The predicted octanol–water partition coefficient (Wildman–Crippen LogP) is 2.98. The molecule has 7 heteroatoms. The summed E-state index contributed by atoms with van der Waals surface area (Å²) in [6.07, 6.45) is 0. The molecular formula is C18H20O6Si. The minimum absolute atomic E-state index is 0.0857. The van der Waals surface area contributed by atoms with Crippen LogP contribution in [0.4, 0.5) is 0 Å². The molecule has 132 valence electrons. The van der Waals surface area contributed by atoms with E-state index in [1.807, 2.05) is 60.7 Å². The van der Waals surface area contributed by atoms with Crippen molar-refractivity contribution in [3.8, 4) is 0 Å². The minimum atomic E-state index is -3.99. The van der Waals surface area contributed by atoms with Crippen molar-refractivity contribution in [2.45, 2.75) is 27.1 Å². The van der Waals surface area contributed by atoms with Gasteiger partial charge in [-0.2, -0.15) is 0 Å². The molecule has 0 aromatic heterocycles. The zero-order valence-electron chi connectivity index (χ0n) is 14.1. The first-order valence-electron chi connectivity index (χ1n) is 7.74. The Morgan fingerprint density at radius 2 is 1.08 bits per heavy atom. The maximum Gasteiger partial charge on any atom is 0.825 e. The Bertz CT molecular complexity index is 628. The largest absolute Gasteiger partial charge is 0.825 e. The van der Waals surface area contributed by atoms with Crippen molar-refractivity contribution in [2.24, 2.45) is 0 Å². The summed E-state index contributed by atoms with van der Waals surface area (Å²) in [6.45, 7) is 2.59. The van der Waals surface area contributed by atoms with E-state index in [0.29, 0.717) is 0 Å². The highest BCUT2D eigenvalue weighted by molar-refractivity contribution is 6.57. The van der Waals surface area contributed by atoms with Crippen molar-refractivity contribution in [3.63, 3.8) is 0 Å². The fourth-order valence-electron chi connectivity index (χ4n) is 2.02. The van der Waals surface area contributed by atoms with Gasteiger partial charge in [0.1, 0.15) is 0 Å². The lowest BCUT2D eigenvalue weighted by molar-refractivity contribution is -0.151. The molecule has 0 radical (unpaired) electrons. The third kappa shape index (κ3) is 6.50. The van der Waals surface area contributed by atoms with Crippen molar-refractivity contribution in [1.82, 2.24) is 0 Å². The quantitative estimate of drug-likeness (QED) is 0.674. The average Bonchev–Trinajstić information content (AvgIpc) is 2.59. The highest BCUT2D eigenvalue weighted by Crippen LogP contribution is 2.18. The summed E-state index contributed by atoms with van der Waals surface area (Å²) in [4.78, 5) is 23.0. The van der Waals surface area contributed by atoms with Crippen LogP contribution in [0, 0.1) is 0 Å². The number of rotatable bonds is 8. The van der Waals surface area contributed by atoms with Gasteiger partial charge in [-0.3, -0.25) is 9.59 Å². The van der Waals surface area contributed by atoms with Crippen LogP contribution in [0.15, 0.2) is 60.7 Å². The van der Waals surface area contributed by atoms with Gasteiger partial charge in [0.05, 0.1) is 13.2 Å². The van der Waals surface area contributed by atoms with E-state index in [2.05, 4.69) is 0 Å². The van der Waals surface area contributed by atoms with Crippen molar-refractivity contribution >= 4 is 21.0 Å². The molecule has 0 saturated heterocycles. The summed E-state index contributed by atoms with van der Waals surface area (Å²) in [6, 6.07) is 18.5. The summed E-state index contributed by atoms with van der Waals surface area (Å²) in [5, 5.41) is 0. The Morgan fingerprint density at radius 1 is 0.720 bits per heavy atom. The molecule has 0 unspecified atom stereocenters. The second kappa shape index (κ2) is 9.12. The normalized spacial score (nSPS) is 11.0. The van der Waals surface area contributed by atoms with Crippen molar-refractivity contribution < 1.29 is 27.3 Å². The molecule has 0 heterocycles. The van der Waals surface area contributed by atoms with E-state index >= 15 is 0 Å². The second-order valence-electron chi connectivity index (χ2n) is 5.24. The van der Waals surface area contributed by atoms with Gasteiger partial charge in [0, 0.05) is 13.8 Å². The molecule has 0 atom stereocenters. The molecule has 0 spiro atoms. The predicted molar refractivity (Wildman–Crippen MR) is 91.7 cm³/mol. The summed E-state index contributed by atoms with van der Waals surface area (Å²) in [5.41, 5.74) is 1.67. The fourth-order valence-corrected chi connectivity index (χ4v) is 3.78. The summed E-state index contributed by atoms with van der Waals surface area (Å²) in [7, 11) is -3.99. The standard InChI is InChI=1S/C18H20O6Si/c1-15(19)23-25(24-16(2)20,21-13-17-9-5-3-6-10-17)22-14-18-11-7-4-8-12-18/h3-12H,13-14H2,1-2H3. The highest BCUT2D eigenvalue weighted by atomic mass is 28.4. The van der Waals surface area contributed by atoms with Crippen molar-refractivity contribution in [1.29, 1.82) is 0 Å². The van der Waals surface area contributed by atoms with Gasteiger partial charge in [-0.15, -0.1) is 0 Å². The van der Waals surface area contributed by atoms with Crippen LogP contribution >= 0.6 is 0 Å². The van der Waals surface area contributed by atoms with Gasteiger partial charge < -0.3 is 17.7 Å². The molecule has 6 nitrogen and oxygen atoms in total. The van der Waals surface area contributed by atoms with Gasteiger partial charge in [0.2, 0.25) is 0 Å². The van der Waals surface area contributed by atoms with E-state index in [1.165, 1.54) is 13.8 Å². The lowest BCUT2D eigenvalue weighted by atomic mass is 10.2. The van der Waals surface area contributed by atoms with Crippen LogP contribution < -0.4 is 0 Å². The van der Waals surface area contributed by atoms with E-state index < -0.39 is 21.0 Å².